The summed E-state index contributed by atoms with van der Waals surface area (Å²) in [6, 6.07) is 8.55. The summed E-state index contributed by atoms with van der Waals surface area (Å²) < 4.78 is 0. The first-order chi connectivity index (χ1) is 7.30. The fraction of sp³-hybridized carbons (Fsp3) is 0.133. The first kappa shape index (κ1) is 17.9. The number of hydrogen-bond acceptors (Lipinski definition) is 0. The molecule has 0 saturated carbocycles. The normalized spacial score (nSPS) is 20.6. The van der Waals surface area contributed by atoms with Crippen molar-refractivity contribution >= 4 is 6.08 Å². The van der Waals surface area contributed by atoms with Crippen LogP contribution in [0.15, 0.2) is 54.6 Å². The average molecular weight is 443 g/mol. The van der Waals surface area contributed by atoms with Crippen molar-refractivity contribution in [3.63, 3.8) is 0 Å². The molecule has 1 aromatic carbocycles. The molecule has 0 spiro atoms. The predicted octanol–water partition coefficient (Wildman–Crippen LogP) is -2.25. The van der Waals surface area contributed by atoms with Gasteiger partial charge in [0.2, 0.25) is 0 Å². The van der Waals surface area contributed by atoms with Crippen LogP contribution in [0.3, 0.4) is 0 Å². The molecule has 0 bridgehead atoms. The molecule has 0 amide bonds. The monoisotopic (exact) mass is 443 g/mol. The van der Waals surface area contributed by atoms with Gasteiger partial charge >= 0.3 is 0 Å². The van der Waals surface area contributed by atoms with Crippen LogP contribution in [0.5, 0.6) is 0 Å². The Kier molecular flexibility index (Phi) is 6.84. The van der Waals surface area contributed by atoms with Gasteiger partial charge in [0.05, 0.1) is 0 Å². The van der Waals surface area contributed by atoms with Gasteiger partial charge < -0.3 is 31.7 Å². The maximum absolute atomic E-state index is 4.33. The second kappa shape index (κ2) is 6.88. The summed E-state index contributed by atoms with van der Waals surface area (Å²) in [7, 11) is 0. The third kappa shape index (κ3) is 2.89. The summed E-state index contributed by atoms with van der Waals surface area (Å²) >= 11 is 0. The van der Waals surface area contributed by atoms with Gasteiger partial charge in [0.25, 0.3) is 0 Å². The van der Waals surface area contributed by atoms with Gasteiger partial charge in [-0.15, -0.1) is 17.6 Å². The van der Waals surface area contributed by atoms with Gasteiger partial charge in [0.1, 0.15) is 0 Å². The molecular weight excluding hydrogens is 430 g/mol. The Hall–Kier alpha value is -0.110. The van der Waals surface area contributed by atoms with Crippen molar-refractivity contribution in [1.82, 2.24) is 0 Å². The Balaban J connectivity index is 0.000000963. The van der Waals surface area contributed by atoms with Crippen molar-refractivity contribution in [2.75, 3.05) is 0 Å². The van der Waals surface area contributed by atoms with Crippen LogP contribution in [0.2, 0.25) is 0 Å². The SMILES string of the molecule is [CH2-]C1(C2C=Cc3ccccc32)C=CC=C1.[Cl-].[Cl-].[Hf]. The maximum Gasteiger partial charge on any atom is 0 e. The Morgan fingerprint density at radius 2 is 1.61 bits per heavy atom. The second-order valence-electron chi connectivity index (χ2n) is 4.30. The maximum atomic E-state index is 4.33. The molecule has 0 N–H and O–H groups in total. The van der Waals surface area contributed by atoms with Crippen molar-refractivity contribution in [2.45, 2.75) is 5.92 Å². The average Bonchev–Trinajstić information content (AvgIpc) is 2.84. The molecule has 94 valence electrons. The quantitative estimate of drug-likeness (QED) is 0.341. The van der Waals surface area contributed by atoms with E-state index < -0.39 is 0 Å². The molecule has 3 heteroatoms. The van der Waals surface area contributed by atoms with Gasteiger partial charge in [-0.25, -0.2) is 0 Å². The van der Waals surface area contributed by atoms with Crippen LogP contribution in [0.1, 0.15) is 17.0 Å². The summed E-state index contributed by atoms with van der Waals surface area (Å²) in [6.07, 6.45) is 13.0. The van der Waals surface area contributed by atoms with Crippen LogP contribution < -0.4 is 24.8 Å². The minimum absolute atomic E-state index is 0. The number of allylic oxidation sites excluding steroid dienone is 5. The Bertz CT molecular complexity index is 477. The molecule has 0 fully saturated rings. The molecule has 0 aliphatic heterocycles. The van der Waals surface area contributed by atoms with Crippen LogP contribution in [-0.2, 0) is 25.8 Å². The molecule has 18 heavy (non-hydrogen) atoms. The zero-order chi connectivity index (χ0) is 10.3. The van der Waals surface area contributed by atoms with Crippen molar-refractivity contribution in [3.8, 4) is 0 Å². The zero-order valence-electron chi connectivity index (χ0n) is 9.81. The molecule has 0 aromatic heterocycles. The van der Waals surface area contributed by atoms with E-state index in [2.05, 4.69) is 67.6 Å². The molecule has 1 atom stereocenters. The zero-order valence-corrected chi connectivity index (χ0v) is 14.9. The predicted molar refractivity (Wildman–Crippen MR) is 64.3 cm³/mol. The van der Waals surface area contributed by atoms with E-state index >= 15 is 0 Å². The minimum atomic E-state index is -0.0803. The molecule has 1 aromatic rings. The first-order valence-electron chi connectivity index (χ1n) is 5.29. The van der Waals surface area contributed by atoms with Gasteiger partial charge in [-0.1, -0.05) is 48.6 Å². The molecule has 1 unspecified atom stereocenters. The minimum Gasteiger partial charge on any atom is -1.00 e. The summed E-state index contributed by atoms with van der Waals surface area (Å²) in [5.74, 6) is 0.392. The number of hydrogen-bond donors (Lipinski definition) is 0. The summed E-state index contributed by atoms with van der Waals surface area (Å²) in [5.41, 5.74) is 2.64. The topological polar surface area (TPSA) is 0 Å². The van der Waals surface area contributed by atoms with Gasteiger partial charge in [-0.2, -0.15) is 0 Å². The molecular formula is C15H13Cl2Hf-3. The van der Waals surface area contributed by atoms with E-state index in [1.165, 1.54) is 11.1 Å². The smallest absolute Gasteiger partial charge is 0 e. The molecule has 3 rings (SSSR count). The van der Waals surface area contributed by atoms with E-state index in [9.17, 15) is 0 Å². The largest absolute Gasteiger partial charge is 1.00 e. The van der Waals surface area contributed by atoms with Crippen LogP contribution in [0.25, 0.3) is 6.08 Å². The van der Waals surface area contributed by atoms with Gasteiger partial charge in [0.15, 0.2) is 0 Å². The van der Waals surface area contributed by atoms with Gasteiger partial charge in [0, 0.05) is 25.8 Å². The standard InChI is InChI=1S/C15H13.2ClH.Hf/c1-15(10-4-5-11-15)14-9-8-12-6-2-3-7-13(12)14;;;/h2-11,14H,1H2;2*1H;/q-1;;;/p-2. The van der Waals surface area contributed by atoms with E-state index in [4.69, 9.17) is 0 Å². The Labute approximate surface area is 140 Å². The van der Waals surface area contributed by atoms with Crippen molar-refractivity contribution in [1.29, 1.82) is 0 Å². The molecule has 0 heterocycles. The van der Waals surface area contributed by atoms with E-state index in [0.717, 1.165) is 0 Å². The van der Waals surface area contributed by atoms with Crippen LogP contribution >= 0.6 is 0 Å². The third-order valence-corrected chi connectivity index (χ3v) is 3.30. The number of benzene rings is 1. The summed E-state index contributed by atoms with van der Waals surface area (Å²) in [5, 5.41) is 0. The van der Waals surface area contributed by atoms with Crippen molar-refractivity contribution in [3.05, 3.63) is 72.7 Å². The van der Waals surface area contributed by atoms with E-state index in [1.807, 2.05) is 0 Å². The number of halogens is 2. The molecule has 0 nitrogen and oxygen atoms in total. The molecule has 2 aliphatic rings. The van der Waals surface area contributed by atoms with Crippen LogP contribution in [0, 0.1) is 12.3 Å². The fourth-order valence-electron chi connectivity index (χ4n) is 2.45. The van der Waals surface area contributed by atoms with Crippen LogP contribution in [-0.4, -0.2) is 0 Å². The first-order valence-corrected chi connectivity index (χ1v) is 5.29. The fourth-order valence-corrected chi connectivity index (χ4v) is 2.45. The van der Waals surface area contributed by atoms with Crippen molar-refractivity contribution < 1.29 is 50.7 Å². The second-order valence-corrected chi connectivity index (χ2v) is 4.30. The molecule has 0 saturated heterocycles. The van der Waals surface area contributed by atoms with E-state index in [0.29, 0.717) is 5.92 Å². The van der Waals surface area contributed by atoms with Crippen molar-refractivity contribution in [2.24, 2.45) is 5.41 Å². The third-order valence-electron chi connectivity index (χ3n) is 3.30. The van der Waals surface area contributed by atoms with Gasteiger partial charge in [-0.05, 0) is 17.0 Å². The molecule has 2 aliphatic carbocycles. The Morgan fingerprint density at radius 1 is 1.00 bits per heavy atom. The Morgan fingerprint density at radius 3 is 2.28 bits per heavy atom. The number of fused-ring (bicyclic) bond motifs is 1. The summed E-state index contributed by atoms with van der Waals surface area (Å²) in [4.78, 5) is 0. The van der Waals surface area contributed by atoms with Gasteiger partial charge in [-0.3, -0.25) is 0 Å². The van der Waals surface area contributed by atoms with E-state index in [1.54, 1.807) is 0 Å². The summed E-state index contributed by atoms with van der Waals surface area (Å²) in [6.45, 7) is 4.33. The molecule has 0 radical (unpaired) electrons. The van der Waals surface area contributed by atoms with Crippen LogP contribution in [0.4, 0.5) is 0 Å². The van der Waals surface area contributed by atoms with E-state index in [-0.39, 0.29) is 56.1 Å². The number of rotatable bonds is 1.